The summed E-state index contributed by atoms with van der Waals surface area (Å²) in [6, 6.07) is 0. The highest BCUT2D eigenvalue weighted by atomic mass is 16.7. The summed E-state index contributed by atoms with van der Waals surface area (Å²) in [7, 11) is 0. The van der Waals surface area contributed by atoms with Crippen molar-refractivity contribution >= 4 is 11.9 Å². The molecule has 0 radical (unpaired) electrons. The largest absolute Gasteiger partial charge is 0.462 e. The molecule has 0 saturated carbocycles. The van der Waals surface area contributed by atoms with Crippen molar-refractivity contribution in [3.05, 3.63) is 24.3 Å². The maximum Gasteiger partial charge on any atom is 0.306 e. The average Bonchev–Trinajstić information content (AvgIpc) is 3.33. The summed E-state index contributed by atoms with van der Waals surface area (Å²) in [6.45, 7) is 3.45. The molecule has 10 nitrogen and oxygen atoms in total. The van der Waals surface area contributed by atoms with Gasteiger partial charge in [-0.25, -0.2) is 0 Å². The quantitative estimate of drug-likeness (QED) is 0.0263. The van der Waals surface area contributed by atoms with Gasteiger partial charge in [0.2, 0.25) is 0 Å². The molecule has 1 saturated heterocycles. The van der Waals surface area contributed by atoms with Crippen molar-refractivity contribution < 1.29 is 49.0 Å². The molecule has 67 heavy (non-hydrogen) atoms. The molecule has 4 N–H and O–H groups in total. The third-order valence-electron chi connectivity index (χ3n) is 13.3. The van der Waals surface area contributed by atoms with Gasteiger partial charge in [-0.15, -0.1) is 0 Å². The summed E-state index contributed by atoms with van der Waals surface area (Å²) in [4.78, 5) is 25.5. The number of aliphatic hydroxyl groups is 4. The van der Waals surface area contributed by atoms with Gasteiger partial charge >= 0.3 is 11.9 Å². The minimum Gasteiger partial charge on any atom is -0.462 e. The lowest BCUT2D eigenvalue weighted by molar-refractivity contribution is -0.305. The van der Waals surface area contributed by atoms with Crippen LogP contribution in [0.5, 0.6) is 0 Å². The summed E-state index contributed by atoms with van der Waals surface area (Å²) in [5, 5.41) is 40.3. The molecule has 1 aliphatic heterocycles. The molecule has 0 amide bonds. The van der Waals surface area contributed by atoms with Crippen LogP contribution in [0.1, 0.15) is 271 Å². The van der Waals surface area contributed by atoms with Gasteiger partial charge in [-0.3, -0.25) is 9.59 Å². The predicted molar refractivity (Wildman–Crippen MR) is 275 cm³/mol. The topological polar surface area (TPSA) is 152 Å². The van der Waals surface area contributed by atoms with E-state index in [0.29, 0.717) is 6.42 Å². The SMILES string of the molecule is CCCCC/C=C/C/C=C/CCCCCCCCCCCC(=O)OC[C@H](CO[C@@H]1O[C@H](CO)[C@H](O)C(O)C1O)OC(=O)CCCCCCCCCCCCCCCCCCCCCCCCC. The normalized spacial score (nSPS) is 19.2. The first-order valence-electron chi connectivity index (χ1n) is 28.4. The number of carbonyl (C=O) groups excluding carboxylic acids is 2. The molecule has 0 bridgehead atoms. The Hall–Kier alpha value is -1.82. The lowest BCUT2D eigenvalue weighted by atomic mass is 9.99. The van der Waals surface area contributed by atoms with E-state index in [1.165, 1.54) is 180 Å². The van der Waals surface area contributed by atoms with Crippen LogP contribution in [0.25, 0.3) is 0 Å². The number of carbonyl (C=O) groups is 2. The Bertz CT molecular complexity index is 1140. The standard InChI is InChI=1S/C57H106O10/c1-3-5-7-9-11-13-15-17-19-21-23-24-25-26-28-30-32-34-36-38-40-42-44-46-53(60)66-50(49-65-57-56(63)55(62)54(61)51(47-58)67-57)48-64-52(59)45-43-41-39-37-35-33-31-29-27-22-20-18-16-14-12-10-8-6-4-2/h12,14,18,20,50-51,54-58,61-63H,3-11,13,15-17,19,21-49H2,1-2H3/b14-12+,20-18+/t50-,51-,54+,55?,56?,57-/m1/s1. The van der Waals surface area contributed by atoms with Crippen LogP contribution < -0.4 is 0 Å². The van der Waals surface area contributed by atoms with E-state index >= 15 is 0 Å². The zero-order valence-electron chi connectivity index (χ0n) is 43.4. The van der Waals surface area contributed by atoms with Crippen LogP contribution in [-0.4, -0.2) is 89.0 Å². The van der Waals surface area contributed by atoms with E-state index < -0.39 is 49.4 Å². The summed E-state index contributed by atoms with van der Waals surface area (Å²) in [5.41, 5.74) is 0. The predicted octanol–water partition coefficient (Wildman–Crippen LogP) is 14.0. The van der Waals surface area contributed by atoms with E-state index in [0.717, 1.165) is 57.8 Å². The first kappa shape index (κ1) is 63.2. The highest BCUT2D eigenvalue weighted by Gasteiger charge is 2.44. The lowest BCUT2D eigenvalue weighted by Crippen LogP contribution is -2.59. The van der Waals surface area contributed by atoms with Crippen molar-refractivity contribution in [1.29, 1.82) is 0 Å². The average molecular weight is 951 g/mol. The second-order valence-electron chi connectivity index (χ2n) is 19.7. The Morgan fingerprint density at radius 1 is 0.463 bits per heavy atom. The Balaban J connectivity index is 2.20. The Morgan fingerprint density at radius 3 is 1.27 bits per heavy atom. The van der Waals surface area contributed by atoms with E-state index in [4.69, 9.17) is 18.9 Å². The van der Waals surface area contributed by atoms with E-state index in [2.05, 4.69) is 38.2 Å². The van der Waals surface area contributed by atoms with Gasteiger partial charge in [0, 0.05) is 12.8 Å². The minimum absolute atomic E-state index is 0.215. The fraction of sp³-hybridized carbons (Fsp3) is 0.895. The van der Waals surface area contributed by atoms with Crippen molar-refractivity contribution in [3.63, 3.8) is 0 Å². The van der Waals surface area contributed by atoms with Crippen LogP contribution in [0.15, 0.2) is 24.3 Å². The maximum atomic E-state index is 12.9. The fourth-order valence-corrected chi connectivity index (χ4v) is 8.87. The maximum absolute atomic E-state index is 12.9. The summed E-state index contributed by atoms with van der Waals surface area (Å²) >= 11 is 0. The third-order valence-corrected chi connectivity index (χ3v) is 13.3. The first-order valence-corrected chi connectivity index (χ1v) is 28.4. The summed E-state index contributed by atoms with van der Waals surface area (Å²) < 4.78 is 22.3. The minimum atomic E-state index is -1.59. The molecule has 0 aliphatic carbocycles. The van der Waals surface area contributed by atoms with Crippen LogP contribution in [0.3, 0.4) is 0 Å². The van der Waals surface area contributed by atoms with Gasteiger partial charge < -0.3 is 39.4 Å². The summed E-state index contributed by atoms with van der Waals surface area (Å²) in [6.07, 6.45) is 49.0. The molecule has 394 valence electrons. The molecule has 1 aliphatic rings. The number of esters is 2. The number of allylic oxidation sites excluding steroid dienone is 4. The lowest BCUT2D eigenvalue weighted by Gasteiger charge is -2.39. The molecule has 0 aromatic heterocycles. The first-order chi connectivity index (χ1) is 32.8. The molecule has 10 heteroatoms. The molecular weight excluding hydrogens is 845 g/mol. The van der Waals surface area contributed by atoms with Crippen molar-refractivity contribution in [2.24, 2.45) is 0 Å². The van der Waals surface area contributed by atoms with Gasteiger partial charge in [0.25, 0.3) is 0 Å². The monoisotopic (exact) mass is 951 g/mol. The van der Waals surface area contributed by atoms with Crippen LogP contribution in [0.2, 0.25) is 0 Å². The van der Waals surface area contributed by atoms with Gasteiger partial charge in [-0.05, 0) is 44.9 Å². The van der Waals surface area contributed by atoms with E-state index in [-0.39, 0.29) is 32.0 Å². The number of aliphatic hydroxyl groups excluding tert-OH is 4. The van der Waals surface area contributed by atoms with Crippen LogP contribution in [-0.2, 0) is 28.5 Å². The van der Waals surface area contributed by atoms with Crippen molar-refractivity contribution in [3.8, 4) is 0 Å². The number of hydrogen-bond acceptors (Lipinski definition) is 10. The highest BCUT2D eigenvalue weighted by Crippen LogP contribution is 2.23. The molecule has 1 fully saturated rings. The molecule has 0 aromatic rings. The Kier molecular flexibility index (Phi) is 45.1. The molecule has 1 rings (SSSR count). The molecule has 2 unspecified atom stereocenters. The zero-order valence-corrected chi connectivity index (χ0v) is 43.4. The molecule has 0 aromatic carbocycles. The van der Waals surface area contributed by atoms with E-state index in [9.17, 15) is 30.0 Å². The van der Waals surface area contributed by atoms with Gasteiger partial charge in [-0.2, -0.15) is 0 Å². The molecule has 6 atom stereocenters. The zero-order chi connectivity index (χ0) is 48.7. The molecular formula is C57H106O10. The van der Waals surface area contributed by atoms with Crippen LogP contribution >= 0.6 is 0 Å². The van der Waals surface area contributed by atoms with Gasteiger partial charge in [0.1, 0.15) is 31.0 Å². The smallest absolute Gasteiger partial charge is 0.306 e. The number of ether oxygens (including phenoxy) is 4. The third kappa shape index (κ3) is 38.6. The Morgan fingerprint density at radius 2 is 0.836 bits per heavy atom. The second kappa shape index (κ2) is 47.8. The summed E-state index contributed by atoms with van der Waals surface area (Å²) in [5.74, 6) is -0.795. The fourth-order valence-electron chi connectivity index (χ4n) is 8.87. The second-order valence-corrected chi connectivity index (χ2v) is 19.7. The Labute approximate surface area is 411 Å². The highest BCUT2D eigenvalue weighted by molar-refractivity contribution is 5.70. The number of rotatable bonds is 49. The van der Waals surface area contributed by atoms with Gasteiger partial charge in [0.15, 0.2) is 12.4 Å². The van der Waals surface area contributed by atoms with E-state index in [1.54, 1.807) is 0 Å². The van der Waals surface area contributed by atoms with Crippen LogP contribution in [0, 0.1) is 0 Å². The molecule has 1 heterocycles. The number of hydrogen-bond donors (Lipinski definition) is 4. The van der Waals surface area contributed by atoms with Gasteiger partial charge in [0.05, 0.1) is 13.2 Å². The van der Waals surface area contributed by atoms with Crippen LogP contribution in [0.4, 0.5) is 0 Å². The van der Waals surface area contributed by atoms with Crippen molar-refractivity contribution in [2.75, 3.05) is 19.8 Å². The van der Waals surface area contributed by atoms with Crippen molar-refractivity contribution in [2.45, 2.75) is 307 Å². The number of unbranched alkanes of at least 4 members (excludes halogenated alkanes) is 34. The van der Waals surface area contributed by atoms with E-state index in [1.807, 2.05) is 0 Å². The molecule has 0 spiro atoms. The van der Waals surface area contributed by atoms with Crippen molar-refractivity contribution in [1.82, 2.24) is 0 Å². The van der Waals surface area contributed by atoms with Gasteiger partial charge in [-0.1, -0.05) is 237 Å².